The molecule has 0 fully saturated rings. The van der Waals surface area contributed by atoms with Crippen molar-refractivity contribution < 1.29 is 18.7 Å². The van der Waals surface area contributed by atoms with Gasteiger partial charge in [-0.3, -0.25) is 4.79 Å². The van der Waals surface area contributed by atoms with Crippen LogP contribution in [0.25, 0.3) is 0 Å². The van der Waals surface area contributed by atoms with Gasteiger partial charge in [0.1, 0.15) is 11.6 Å². The van der Waals surface area contributed by atoms with Crippen molar-refractivity contribution >= 4 is 17.4 Å². The predicted octanol–water partition coefficient (Wildman–Crippen LogP) is 3.50. The number of ether oxygens (including phenoxy) is 2. The van der Waals surface area contributed by atoms with E-state index in [1.54, 1.807) is 26.4 Å². The Hall–Kier alpha value is -3.68. The van der Waals surface area contributed by atoms with E-state index in [1.807, 2.05) is 18.2 Å². The van der Waals surface area contributed by atoms with Crippen molar-refractivity contribution in [1.29, 1.82) is 0 Å². The molecule has 7 nitrogen and oxygen atoms in total. The third-order valence-corrected chi connectivity index (χ3v) is 3.92. The molecule has 2 aromatic carbocycles. The Bertz CT molecular complexity index is 947. The zero-order valence-corrected chi connectivity index (χ0v) is 15.4. The van der Waals surface area contributed by atoms with E-state index in [4.69, 9.17) is 9.47 Å². The van der Waals surface area contributed by atoms with Gasteiger partial charge in [-0.2, -0.15) is 0 Å². The minimum Gasteiger partial charge on any atom is -0.493 e. The monoisotopic (exact) mass is 382 g/mol. The van der Waals surface area contributed by atoms with E-state index in [-0.39, 0.29) is 11.5 Å². The van der Waals surface area contributed by atoms with Crippen molar-refractivity contribution in [2.45, 2.75) is 6.54 Å². The van der Waals surface area contributed by atoms with Gasteiger partial charge < -0.3 is 20.1 Å². The highest BCUT2D eigenvalue weighted by molar-refractivity contribution is 6.02. The molecule has 0 atom stereocenters. The van der Waals surface area contributed by atoms with Crippen LogP contribution in [0.2, 0.25) is 0 Å². The zero-order chi connectivity index (χ0) is 19.9. The summed E-state index contributed by atoms with van der Waals surface area (Å²) in [4.78, 5) is 12.2. The van der Waals surface area contributed by atoms with Crippen molar-refractivity contribution in [2.24, 2.45) is 0 Å². The number of hydrogen-bond donors (Lipinski definition) is 2. The number of nitrogens with one attached hydrogen (secondary N) is 2. The van der Waals surface area contributed by atoms with E-state index < -0.39 is 5.91 Å². The van der Waals surface area contributed by atoms with Crippen molar-refractivity contribution in [1.82, 2.24) is 10.2 Å². The summed E-state index contributed by atoms with van der Waals surface area (Å²) in [6, 6.07) is 14.3. The normalized spacial score (nSPS) is 10.2. The lowest BCUT2D eigenvalue weighted by Crippen LogP contribution is -2.15. The zero-order valence-electron chi connectivity index (χ0n) is 15.4. The van der Waals surface area contributed by atoms with E-state index in [0.29, 0.717) is 29.5 Å². The summed E-state index contributed by atoms with van der Waals surface area (Å²) in [5, 5.41) is 13.7. The number of benzene rings is 2. The number of anilines is 2. The first-order valence-electron chi connectivity index (χ1n) is 8.44. The maximum atomic E-state index is 12.9. The minimum atomic E-state index is -0.425. The average Bonchev–Trinajstić information content (AvgIpc) is 2.74. The predicted molar refractivity (Wildman–Crippen MR) is 103 cm³/mol. The van der Waals surface area contributed by atoms with Crippen LogP contribution in [-0.4, -0.2) is 30.3 Å². The van der Waals surface area contributed by atoms with Gasteiger partial charge in [-0.05, 0) is 54.1 Å². The van der Waals surface area contributed by atoms with E-state index in [9.17, 15) is 9.18 Å². The molecule has 144 valence electrons. The highest BCUT2D eigenvalue weighted by Gasteiger charge is 2.09. The van der Waals surface area contributed by atoms with Gasteiger partial charge in [-0.1, -0.05) is 6.07 Å². The molecule has 0 bridgehead atoms. The average molecular weight is 382 g/mol. The first-order chi connectivity index (χ1) is 13.6. The van der Waals surface area contributed by atoms with Gasteiger partial charge >= 0.3 is 0 Å². The van der Waals surface area contributed by atoms with Crippen molar-refractivity contribution in [3.8, 4) is 11.5 Å². The number of rotatable bonds is 7. The molecule has 8 heteroatoms. The number of aromatic nitrogens is 2. The molecular weight excluding hydrogens is 363 g/mol. The molecule has 0 saturated heterocycles. The van der Waals surface area contributed by atoms with E-state index in [0.717, 1.165) is 5.56 Å². The number of methoxy groups -OCH3 is 2. The van der Waals surface area contributed by atoms with Crippen LogP contribution in [0.1, 0.15) is 16.1 Å². The Balaban J connectivity index is 1.59. The van der Waals surface area contributed by atoms with Gasteiger partial charge in [0.25, 0.3) is 5.91 Å². The Morgan fingerprint density at radius 3 is 2.36 bits per heavy atom. The summed E-state index contributed by atoms with van der Waals surface area (Å²) in [7, 11) is 3.16. The van der Waals surface area contributed by atoms with Crippen LogP contribution in [0.15, 0.2) is 54.6 Å². The molecule has 2 N–H and O–H groups in total. The molecule has 0 radical (unpaired) electrons. The molecule has 0 spiro atoms. The van der Waals surface area contributed by atoms with Gasteiger partial charge in [0.05, 0.1) is 14.2 Å². The molecular formula is C20H19FN4O3. The lowest BCUT2D eigenvalue weighted by atomic mass is 10.2. The molecule has 0 unspecified atom stereocenters. The number of amides is 1. The number of carbonyl (C=O) groups excluding carboxylic acids is 1. The molecule has 0 aliphatic rings. The Kier molecular flexibility index (Phi) is 6.01. The summed E-state index contributed by atoms with van der Waals surface area (Å²) in [6.07, 6.45) is 0. The molecule has 3 rings (SSSR count). The van der Waals surface area contributed by atoms with Gasteiger partial charge in [0, 0.05) is 12.2 Å². The summed E-state index contributed by atoms with van der Waals surface area (Å²) in [6.45, 7) is 0.496. The highest BCUT2D eigenvalue weighted by Crippen LogP contribution is 2.27. The molecule has 0 saturated carbocycles. The first-order valence-corrected chi connectivity index (χ1v) is 8.44. The van der Waals surface area contributed by atoms with Gasteiger partial charge in [-0.25, -0.2) is 4.39 Å². The Morgan fingerprint density at radius 2 is 1.71 bits per heavy atom. The van der Waals surface area contributed by atoms with E-state index >= 15 is 0 Å². The quantitative estimate of drug-likeness (QED) is 0.651. The molecule has 3 aromatic rings. The van der Waals surface area contributed by atoms with Gasteiger partial charge in [0.15, 0.2) is 17.2 Å². The van der Waals surface area contributed by atoms with Gasteiger partial charge in [0.2, 0.25) is 0 Å². The number of halogens is 1. The number of carbonyl (C=O) groups is 1. The third kappa shape index (κ3) is 4.73. The summed E-state index contributed by atoms with van der Waals surface area (Å²) in [5.74, 6) is 1.02. The fraction of sp³-hybridized carbons (Fsp3) is 0.150. The minimum absolute atomic E-state index is 0.154. The summed E-state index contributed by atoms with van der Waals surface area (Å²) < 4.78 is 23.4. The van der Waals surface area contributed by atoms with Crippen molar-refractivity contribution in [3.05, 3.63) is 71.7 Å². The lowest BCUT2D eigenvalue weighted by Gasteiger charge is -2.10. The Labute approximate surface area is 161 Å². The van der Waals surface area contributed by atoms with Crippen molar-refractivity contribution in [3.63, 3.8) is 0 Å². The largest absolute Gasteiger partial charge is 0.493 e. The van der Waals surface area contributed by atoms with Crippen LogP contribution >= 0.6 is 0 Å². The highest BCUT2D eigenvalue weighted by atomic mass is 19.1. The van der Waals surface area contributed by atoms with Crippen LogP contribution in [0.4, 0.5) is 15.9 Å². The Morgan fingerprint density at radius 1 is 0.964 bits per heavy atom. The van der Waals surface area contributed by atoms with Crippen LogP contribution in [0.3, 0.4) is 0 Å². The van der Waals surface area contributed by atoms with Crippen LogP contribution in [0.5, 0.6) is 11.5 Å². The standard InChI is InChI=1S/C20H19FN4O3/c1-27-17-9-3-13(11-18(17)28-2)12-22-19-10-8-16(24-25-19)20(26)23-15-6-4-14(21)5-7-15/h3-11H,12H2,1-2H3,(H,22,25)(H,23,26). The summed E-state index contributed by atoms with van der Waals surface area (Å²) in [5.41, 5.74) is 1.60. The molecule has 0 aliphatic heterocycles. The molecule has 1 amide bonds. The van der Waals surface area contributed by atoms with Crippen molar-refractivity contribution in [2.75, 3.05) is 24.9 Å². The fourth-order valence-electron chi connectivity index (χ4n) is 2.46. The smallest absolute Gasteiger partial charge is 0.276 e. The maximum Gasteiger partial charge on any atom is 0.276 e. The second-order valence-corrected chi connectivity index (χ2v) is 5.81. The second-order valence-electron chi connectivity index (χ2n) is 5.81. The maximum absolute atomic E-state index is 12.9. The van der Waals surface area contributed by atoms with E-state index in [1.165, 1.54) is 24.3 Å². The van der Waals surface area contributed by atoms with Gasteiger partial charge in [-0.15, -0.1) is 10.2 Å². The fourth-order valence-corrected chi connectivity index (χ4v) is 2.46. The first kappa shape index (κ1) is 19.1. The SMILES string of the molecule is COc1ccc(CNc2ccc(C(=O)Nc3ccc(F)cc3)nn2)cc1OC. The third-order valence-electron chi connectivity index (χ3n) is 3.92. The molecule has 1 aromatic heterocycles. The number of nitrogens with zero attached hydrogens (tertiary/aromatic N) is 2. The van der Waals surface area contributed by atoms with Crippen LogP contribution in [-0.2, 0) is 6.54 Å². The summed E-state index contributed by atoms with van der Waals surface area (Å²) >= 11 is 0. The number of hydrogen-bond acceptors (Lipinski definition) is 6. The second kappa shape index (κ2) is 8.81. The molecule has 0 aliphatic carbocycles. The van der Waals surface area contributed by atoms with E-state index in [2.05, 4.69) is 20.8 Å². The van der Waals surface area contributed by atoms with Crippen LogP contribution < -0.4 is 20.1 Å². The van der Waals surface area contributed by atoms with Crippen LogP contribution in [0, 0.1) is 5.82 Å². The molecule has 28 heavy (non-hydrogen) atoms. The topological polar surface area (TPSA) is 85.4 Å². The lowest BCUT2D eigenvalue weighted by molar-refractivity contribution is 0.102. The molecule has 1 heterocycles.